The number of nitriles is 1. The third-order valence-electron chi connectivity index (χ3n) is 3.06. The number of benzene rings is 1. The van der Waals surface area contributed by atoms with Crippen molar-refractivity contribution >= 4 is 17.1 Å². The highest BCUT2D eigenvalue weighted by Crippen LogP contribution is 2.32. The van der Waals surface area contributed by atoms with Crippen LogP contribution in [0.1, 0.15) is 33.0 Å². The molecule has 1 heterocycles. The van der Waals surface area contributed by atoms with Gasteiger partial charge < -0.3 is 0 Å². The van der Waals surface area contributed by atoms with Crippen molar-refractivity contribution in [2.24, 2.45) is 0 Å². The van der Waals surface area contributed by atoms with Gasteiger partial charge in [-0.3, -0.25) is 4.79 Å². The van der Waals surface area contributed by atoms with Gasteiger partial charge in [-0.05, 0) is 29.5 Å². The summed E-state index contributed by atoms with van der Waals surface area (Å²) in [7, 11) is 0. The average molecular weight is 309 g/mol. The molecule has 21 heavy (non-hydrogen) atoms. The fourth-order valence-electron chi connectivity index (χ4n) is 1.95. The molecule has 2 aromatic rings. The minimum Gasteiger partial charge on any atom is -0.292 e. The van der Waals surface area contributed by atoms with Gasteiger partial charge in [-0.1, -0.05) is 18.2 Å². The van der Waals surface area contributed by atoms with Crippen molar-refractivity contribution in [2.75, 3.05) is 0 Å². The molecule has 1 atom stereocenters. The summed E-state index contributed by atoms with van der Waals surface area (Å²) < 4.78 is 38.1. The molecule has 108 valence electrons. The van der Waals surface area contributed by atoms with Gasteiger partial charge in [-0.15, -0.1) is 0 Å². The third-order valence-corrected chi connectivity index (χ3v) is 3.92. The molecule has 0 aliphatic rings. The van der Waals surface area contributed by atoms with E-state index in [1.54, 1.807) is 23.8 Å². The zero-order chi connectivity index (χ0) is 15.6. The molecule has 0 radical (unpaired) electrons. The van der Waals surface area contributed by atoms with Crippen LogP contribution < -0.4 is 0 Å². The summed E-state index contributed by atoms with van der Waals surface area (Å²) in [4.78, 5) is 12.3. The summed E-state index contributed by atoms with van der Waals surface area (Å²) in [6, 6.07) is 6.14. The Morgan fingerprint density at radius 2 is 2.05 bits per heavy atom. The maximum absolute atomic E-state index is 12.7. The van der Waals surface area contributed by atoms with E-state index in [1.165, 1.54) is 23.5 Å². The second-order valence-corrected chi connectivity index (χ2v) is 5.26. The highest BCUT2D eigenvalue weighted by Gasteiger charge is 2.32. The lowest BCUT2D eigenvalue weighted by Crippen LogP contribution is -2.13. The van der Waals surface area contributed by atoms with Crippen molar-refractivity contribution in [3.05, 3.63) is 57.3 Å². The summed E-state index contributed by atoms with van der Waals surface area (Å²) in [5, 5.41) is 12.5. The predicted molar refractivity (Wildman–Crippen MR) is 73.2 cm³/mol. The van der Waals surface area contributed by atoms with Crippen LogP contribution in [-0.4, -0.2) is 5.78 Å². The number of hydrogen-bond acceptors (Lipinski definition) is 3. The lowest BCUT2D eigenvalue weighted by Gasteiger charge is -2.12. The van der Waals surface area contributed by atoms with Crippen molar-refractivity contribution in [1.29, 1.82) is 5.26 Å². The Morgan fingerprint density at radius 1 is 1.33 bits per heavy atom. The van der Waals surface area contributed by atoms with E-state index in [0.717, 1.165) is 17.7 Å². The number of carbonyl (C=O) groups excluding carboxylic acids is 1. The highest BCUT2D eigenvalue weighted by atomic mass is 32.1. The fourth-order valence-corrected chi connectivity index (χ4v) is 2.78. The number of nitrogens with zero attached hydrogens (tertiary/aromatic N) is 1. The van der Waals surface area contributed by atoms with E-state index in [-0.39, 0.29) is 5.56 Å². The Hall–Kier alpha value is -2.13. The zero-order valence-corrected chi connectivity index (χ0v) is 11.8. The average Bonchev–Trinajstić information content (AvgIpc) is 2.85. The molecule has 0 aliphatic carbocycles. The molecule has 1 aromatic carbocycles. The zero-order valence-electron chi connectivity index (χ0n) is 10.9. The maximum Gasteiger partial charge on any atom is 0.416 e. The second-order valence-electron chi connectivity index (χ2n) is 4.52. The predicted octanol–water partition coefficient (Wildman–Crippen LogP) is 4.57. The van der Waals surface area contributed by atoms with E-state index in [0.29, 0.717) is 5.56 Å². The van der Waals surface area contributed by atoms with Crippen LogP contribution in [-0.2, 0) is 6.18 Å². The molecule has 0 fully saturated rings. The summed E-state index contributed by atoms with van der Waals surface area (Å²) in [5.41, 5.74) is 0.291. The van der Waals surface area contributed by atoms with E-state index >= 15 is 0 Å². The Kier molecular flexibility index (Phi) is 4.14. The molecule has 0 amide bonds. The van der Waals surface area contributed by atoms with E-state index in [4.69, 9.17) is 0 Å². The molecule has 0 aliphatic heterocycles. The number of carbonyl (C=O) groups is 1. The van der Waals surface area contributed by atoms with Crippen LogP contribution in [0.4, 0.5) is 13.2 Å². The Labute approximate surface area is 123 Å². The standard InChI is InChI=1S/C15H10F3NOS/c1-9-7-21-8-13(9)14(20)12(6-19)10-3-2-4-11(5-10)15(16,17)18/h2-5,7-8,12H,1H3. The molecule has 2 rings (SSSR count). The van der Waals surface area contributed by atoms with Crippen LogP contribution >= 0.6 is 11.3 Å². The summed E-state index contributed by atoms with van der Waals surface area (Å²) >= 11 is 1.31. The van der Waals surface area contributed by atoms with E-state index in [2.05, 4.69) is 0 Å². The van der Waals surface area contributed by atoms with Gasteiger partial charge in [-0.25, -0.2) is 0 Å². The van der Waals surface area contributed by atoms with Gasteiger partial charge in [0.15, 0.2) is 5.78 Å². The van der Waals surface area contributed by atoms with Crippen LogP contribution in [0.15, 0.2) is 35.0 Å². The number of aryl methyl sites for hydroxylation is 1. The van der Waals surface area contributed by atoms with Crippen molar-refractivity contribution in [3.63, 3.8) is 0 Å². The number of thiophene rings is 1. The second kappa shape index (κ2) is 5.70. The maximum atomic E-state index is 12.7. The summed E-state index contributed by atoms with van der Waals surface area (Å²) in [6.45, 7) is 1.73. The van der Waals surface area contributed by atoms with Gasteiger partial charge in [0.05, 0.1) is 11.6 Å². The summed E-state index contributed by atoms with van der Waals surface area (Å²) in [5.74, 6) is -1.71. The molecule has 0 saturated carbocycles. The molecule has 0 saturated heterocycles. The van der Waals surface area contributed by atoms with Crippen LogP contribution in [0.5, 0.6) is 0 Å². The molecule has 0 N–H and O–H groups in total. The number of alkyl halides is 3. The smallest absolute Gasteiger partial charge is 0.292 e. The SMILES string of the molecule is Cc1cscc1C(=O)C(C#N)c1cccc(C(F)(F)F)c1. The molecule has 2 nitrogen and oxygen atoms in total. The van der Waals surface area contributed by atoms with Crippen LogP contribution in [0.2, 0.25) is 0 Å². The van der Waals surface area contributed by atoms with Crippen molar-refractivity contribution in [2.45, 2.75) is 19.0 Å². The first-order valence-corrected chi connectivity index (χ1v) is 6.92. The molecular formula is C15H10F3NOS. The van der Waals surface area contributed by atoms with Crippen LogP contribution in [0, 0.1) is 18.3 Å². The lowest BCUT2D eigenvalue weighted by atomic mass is 9.90. The first-order chi connectivity index (χ1) is 9.84. The molecule has 0 spiro atoms. The normalized spacial score (nSPS) is 12.7. The van der Waals surface area contributed by atoms with Gasteiger partial charge in [0.1, 0.15) is 5.92 Å². The number of Topliss-reactive ketones (excluding diaryl/α,β-unsaturated/α-hetero) is 1. The van der Waals surface area contributed by atoms with E-state index < -0.39 is 23.4 Å². The first-order valence-electron chi connectivity index (χ1n) is 5.98. The van der Waals surface area contributed by atoms with Gasteiger partial charge in [-0.2, -0.15) is 29.8 Å². The minimum absolute atomic E-state index is 0.0583. The molecule has 0 bridgehead atoms. The van der Waals surface area contributed by atoms with E-state index in [1.807, 2.05) is 0 Å². The van der Waals surface area contributed by atoms with Gasteiger partial charge in [0.2, 0.25) is 0 Å². The summed E-state index contributed by atoms with van der Waals surface area (Å²) in [6.07, 6.45) is -4.50. The molecule has 1 aromatic heterocycles. The van der Waals surface area contributed by atoms with Gasteiger partial charge >= 0.3 is 6.18 Å². The van der Waals surface area contributed by atoms with Crippen molar-refractivity contribution in [3.8, 4) is 6.07 Å². The quantitative estimate of drug-likeness (QED) is 0.780. The van der Waals surface area contributed by atoms with Crippen molar-refractivity contribution in [1.82, 2.24) is 0 Å². The number of hydrogen-bond donors (Lipinski definition) is 0. The molecular weight excluding hydrogens is 299 g/mol. The van der Waals surface area contributed by atoms with Crippen LogP contribution in [0.3, 0.4) is 0 Å². The third kappa shape index (κ3) is 3.14. The Balaban J connectivity index is 2.42. The highest BCUT2D eigenvalue weighted by molar-refractivity contribution is 7.08. The van der Waals surface area contributed by atoms with Gasteiger partial charge in [0.25, 0.3) is 0 Å². The van der Waals surface area contributed by atoms with E-state index in [9.17, 15) is 23.2 Å². The lowest BCUT2D eigenvalue weighted by molar-refractivity contribution is -0.137. The van der Waals surface area contributed by atoms with Crippen LogP contribution in [0.25, 0.3) is 0 Å². The Morgan fingerprint density at radius 3 is 2.57 bits per heavy atom. The number of ketones is 1. The topological polar surface area (TPSA) is 40.9 Å². The first kappa shape index (κ1) is 15.3. The number of halogens is 3. The minimum atomic E-state index is -4.50. The van der Waals surface area contributed by atoms with Crippen molar-refractivity contribution < 1.29 is 18.0 Å². The molecule has 1 unspecified atom stereocenters. The monoisotopic (exact) mass is 309 g/mol. The molecule has 6 heteroatoms. The fraction of sp³-hybridized carbons (Fsp3) is 0.200. The largest absolute Gasteiger partial charge is 0.416 e. The number of rotatable bonds is 3. The Bertz CT molecular complexity index is 712. The van der Waals surface area contributed by atoms with Gasteiger partial charge in [0, 0.05) is 10.9 Å².